The molecule has 0 fully saturated rings. The SMILES string of the molecule is CCC[Si](OCC)(OCC)OCC.CCC[Si](OCC)(OCC)OCC.N.S.S.S.S.S. The van der Waals surface area contributed by atoms with Crippen molar-refractivity contribution in [3.63, 3.8) is 0 Å². The Balaban J connectivity index is -0.0000000505. The summed E-state index contributed by atoms with van der Waals surface area (Å²) >= 11 is 0. The molecule has 0 saturated carbocycles. The summed E-state index contributed by atoms with van der Waals surface area (Å²) in [5.41, 5.74) is 0. The van der Waals surface area contributed by atoms with Gasteiger partial charge in [0.1, 0.15) is 0 Å². The first-order valence-electron chi connectivity index (χ1n) is 10.3. The lowest BCUT2D eigenvalue weighted by atomic mass is 10.6. The zero-order chi connectivity index (χ0) is 20.3. The molecular formula is C18H57NO6S5Si2. The lowest BCUT2D eigenvalue weighted by Gasteiger charge is -2.27. The van der Waals surface area contributed by atoms with Gasteiger partial charge in [-0.15, -0.1) is 0 Å². The van der Waals surface area contributed by atoms with Crippen molar-refractivity contribution in [2.24, 2.45) is 0 Å². The van der Waals surface area contributed by atoms with E-state index in [2.05, 4.69) is 13.8 Å². The minimum atomic E-state index is -2.30. The molecule has 0 bridgehead atoms. The van der Waals surface area contributed by atoms with E-state index in [-0.39, 0.29) is 73.6 Å². The first-order chi connectivity index (χ1) is 12.5. The van der Waals surface area contributed by atoms with E-state index in [9.17, 15) is 0 Å². The van der Waals surface area contributed by atoms with E-state index in [0.29, 0.717) is 39.6 Å². The van der Waals surface area contributed by atoms with Gasteiger partial charge in [-0.25, -0.2) is 0 Å². The van der Waals surface area contributed by atoms with Gasteiger partial charge in [0.2, 0.25) is 0 Å². The Morgan fingerprint density at radius 2 is 0.531 bits per heavy atom. The largest absolute Gasteiger partial charge is 0.500 e. The van der Waals surface area contributed by atoms with Gasteiger partial charge < -0.3 is 32.7 Å². The highest BCUT2D eigenvalue weighted by molar-refractivity contribution is 7.60. The fourth-order valence-electron chi connectivity index (χ4n) is 2.61. The van der Waals surface area contributed by atoms with Crippen molar-refractivity contribution in [2.45, 2.75) is 80.3 Å². The average Bonchev–Trinajstić information content (AvgIpc) is 2.57. The van der Waals surface area contributed by atoms with Crippen LogP contribution in [0.2, 0.25) is 12.1 Å². The molecule has 0 spiro atoms. The second-order valence-electron chi connectivity index (χ2n) is 5.46. The van der Waals surface area contributed by atoms with E-state index in [1.54, 1.807) is 0 Å². The molecule has 0 aromatic rings. The fourth-order valence-corrected chi connectivity index (χ4v) is 7.84. The second kappa shape index (κ2) is 37.5. The van der Waals surface area contributed by atoms with Crippen LogP contribution in [-0.2, 0) is 26.6 Å². The van der Waals surface area contributed by atoms with E-state index in [1.165, 1.54) is 0 Å². The minimum absolute atomic E-state index is 0. The Kier molecular flexibility index (Phi) is 64.0. The standard InChI is InChI=1S/2C9H22O3Si.H3N.5H2S/c2*1-5-9-13(10-6-2,11-7-3)12-8-4;;;;;;/h2*5-9H2,1-4H3;1H3;5*1H2. The molecular weight excluding hydrogens is 543 g/mol. The number of hydrogen-bond acceptors (Lipinski definition) is 7. The Morgan fingerprint density at radius 1 is 0.375 bits per heavy atom. The zero-order valence-electron chi connectivity index (χ0n) is 21.7. The maximum atomic E-state index is 5.65. The van der Waals surface area contributed by atoms with Crippen LogP contribution >= 0.6 is 67.5 Å². The number of rotatable bonds is 16. The molecule has 0 unspecified atom stereocenters. The summed E-state index contributed by atoms with van der Waals surface area (Å²) in [6, 6.07) is 1.84. The lowest BCUT2D eigenvalue weighted by Crippen LogP contribution is -2.45. The second-order valence-corrected chi connectivity index (χ2v) is 10.9. The highest BCUT2D eigenvalue weighted by Crippen LogP contribution is 2.18. The van der Waals surface area contributed by atoms with Crippen LogP contribution in [0, 0.1) is 0 Å². The molecule has 14 heteroatoms. The molecule has 0 atom stereocenters. The van der Waals surface area contributed by atoms with Crippen LogP contribution in [0.1, 0.15) is 68.2 Å². The summed E-state index contributed by atoms with van der Waals surface area (Å²) in [4.78, 5) is 0. The molecule has 32 heavy (non-hydrogen) atoms. The van der Waals surface area contributed by atoms with Crippen molar-refractivity contribution in [3.8, 4) is 0 Å². The minimum Gasteiger partial charge on any atom is -0.374 e. The van der Waals surface area contributed by atoms with Crippen LogP contribution < -0.4 is 6.15 Å². The summed E-state index contributed by atoms with van der Waals surface area (Å²) in [6.45, 7) is 20.2. The van der Waals surface area contributed by atoms with Gasteiger partial charge in [-0.1, -0.05) is 26.7 Å². The van der Waals surface area contributed by atoms with Gasteiger partial charge >= 0.3 is 17.6 Å². The first-order valence-corrected chi connectivity index (χ1v) is 14.2. The van der Waals surface area contributed by atoms with E-state index < -0.39 is 17.6 Å². The third kappa shape index (κ3) is 26.5. The van der Waals surface area contributed by atoms with Crippen LogP contribution in [-0.4, -0.2) is 57.3 Å². The quantitative estimate of drug-likeness (QED) is 0.230. The van der Waals surface area contributed by atoms with Crippen LogP contribution in [0.4, 0.5) is 0 Å². The maximum absolute atomic E-state index is 5.65. The van der Waals surface area contributed by atoms with Gasteiger partial charge in [0.05, 0.1) is 0 Å². The van der Waals surface area contributed by atoms with Crippen LogP contribution in [0.5, 0.6) is 0 Å². The molecule has 0 radical (unpaired) electrons. The third-order valence-electron chi connectivity index (χ3n) is 3.30. The Bertz CT molecular complexity index is 234. The van der Waals surface area contributed by atoms with Crippen molar-refractivity contribution in [2.75, 3.05) is 39.6 Å². The van der Waals surface area contributed by atoms with Crippen LogP contribution in [0.3, 0.4) is 0 Å². The van der Waals surface area contributed by atoms with Crippen molar-refractivity contribution in [3.05, 3.63) is 0 Å². The Hall–Kier alpha value is 1.90. The average molecular weight is 600 g/mol. The topological polar surface area (TPSA) is 90.4 Å². The monoisotopic (exact) mass is 599 g/mol. The molecule has 0 aliphatic carbocycles. The van der Waals surface area contributed by atoms with E-state index in [0.717, 1.165) is 24.9 Å². The van der Waals surface area contributed by atoms with Gasteiger partial charge in [-0.05, 0) is 41.5 Å². The van der Waals surface area contributed by atoms with E-state index >= 15 is 0 Å². The highest BCUT2D eigenvalue weighted by atomic mass is 32.1. The molecule has 208 valence electrons. The molecule has 0 rings (SSSR count). The lowest BCUT2D eigenvalue weighted by molar-refractivity contribution is 0.0703. The first kappa shape index (κ1) is 54.7. The normalized spacial score (nSPS) is 9.75. The van der Waals surface area contributed by atoms with E-state index in [1.807, 2.05) is 41.5 Å². The van der Waals surface area contributed by atoms with Crippen LogP contribution in [0.25, 0.3) is 0 Å². The summed E-state index contributed by atoms with van der Waals surface area (Å²) in [5.74, 6) is 0. The van der Waals surface area contributed by atoms with E-state index in [4.69, 9.17) is 26.6 Å². The summed E-state index contributed by atoms with van der Waals surface area (Å²) < 4.78 is 33.9. The smallest absolute Gasteiger partial charge is 0.374 e. The molecule has 0 saturated heterocycles. The van der Waals surface area contributed by atoms with Gasteiger partial charge in [-0.3, -0.25) is 0 Å². The van der Waals surface area contributed by atoms with Gasteiger partial charge in [0.25, 0.3) is 0 Å². The zero-order valence-corrected chi connectivity index (χ0v) is 28.7. The maximum Gasteiger partial charge on any atom is 0.500 e. The predicted octanol–water partition coefficient (Wildman–Crippen LogP) is 5.62. The Morgan fingerprint density at radius 3 is 0.625 bits per heavy atom. The molecule has 0 aromatic carbocycles. The predicted molar refractivity (Wildman–Crippen MR) is 168 cm³/mol. The molecule has 0 aliphatic heterocycles. The molecule has 0 aromatic heterocycles. The fraction of sp³-hybridized carbons (Fsp3) is 1.00. The third-order valence-corrected chi connectivity index (χ3v) is 9.89. The van der Waals surface area contributed by atoms with Crippen molar-refractivity contribution < 1.29 is 26.6 Å². The molecule has 0 amide bonds. The highest BCUT2D eigenvalue weighted by Gasteiger charge is 2.39. The Labute approximate surface area is 236 Å². The van der Waals surface area contributed by atoms with Crippen LogP contribution in [0.15, 0.2) is 0 Å². The summed E-state index contributed by atoms with van der Waals surface area (Å²) in [5, 5.41) is 0. The molecule has 0 heterocycles. The molecule has 3 N–H and O–H groups in total. The number of hydrogen-bond donors (Lipinski definition) is 1. The van der Waals surface area contributed by atoms with Gasteiger partial charge in [0, 0.05) is 51.7 Å². The van der Waals surface area contributed by atoms with Crippen molar-refractivity contribution in [1.82, 2.24) is 6.15 Å². The molecule has 7 nitrogen and oxygen atoms in total. The summed E-state index contributed by atoms with van der Waals surface area (Å²) in [6.07, 6.45) is 2.10. The van der Waals surface area contributed by atoms with Crippen molar-refractivity contribution >= 4 is 85.1 Å². The summed E-state index contributed by atoms with van der Waals surface area (Å²) in [7, 11) is -4.59. The van der Waals surface area contributed by atoms with Gasteiger partial charge in [0.15, 0.2) is 0 Å². The van der Waals surface area contributed by atoms with Crippen molar-refractivity contribution in [1.29, 1.82) is 0 Å². The van der Waals surface area contributed by atoms with Gasteiger partial charge in [-0.2, -0.15) is 67.5 Å². The molecule has 0 aliphatic rings.